The normalized spacial score (nSPS) is 25.4. The Hall–Kier alpha value is -1.18. The van der Waals surface area contributed by atoms with Crippen LogP contribution in [-0.4, -0.2) is 6.04 Å². The lowest BCUT2D eigenvalue weighted by Crippen LogP contribution is -2.36. The third-order valence-electron chi connectivity index (χ3n) is 3.45. The van der Waals surface area contributed by atoms with E-state index in [0.717, 1.165) is 5.70 Å². The van der Waals surface area contributed by atoms with Crippen molar-refractivity contribution in [2.75, 3.05) is 0 Å². The first-order valence-corrected chi connectivity index (χ1v) is 6.93. The molecule has 1 saturated carbocycles. The van der Waals surface area contributed by atoms with Crippen LogP contribution in [-0.2, 0) is 0 Å². The molecule has 0 aromatic rings. The second-order valence-electron chi connectivity index (χ2n) is 6.25. The monoisotopic (exact) mass is 248 g/mol. The van der Waals surface area contributed by atoms with Gasteiger partial charge < -0.3 is 11.1 Å². The largest absolute Gasteiger partial charge is 0.402 e. The number of nitrogens with two attached hydrogens (primary N) is 1. The van der Waals surface area contributed by atoms with Gasteiger partial charge >= 0.3 is 0 Å². The molecule has 1 rings (SSSR count). The molecule has 1 aliphatic carbocycles. The fourth-order valence-electron chi connectivity index (χ4n) is 2.60. The highest BCUT2D eigenvalue weighted by Crippen LogP contribution is 2.35. The van der Waals surface area contributed by atoms with Gasteiger partial charge in [0.2, 0.25) is 0 Å². The van der Waals surface area contributed by atoms with Gasteiger partial charge in [-0.15, -0.1) is 0 Å². The van der Waals surface area contributed by atoms with Gasteiger partial charge in [-0.25, -0.2) is 0 Å². The fourth-order valence-corrected chi connectivity index (χ4v) is 2.60. The van der Waals surface area contributed by atoms with E-state index in [1.807, 2.05) is 25.2 Å². The third kappa shape index (κ3) is 5.95. The number of nitrogens with one attached hydrogen (secondary N) is 1. The molecule has 0 aromatic heterocycles. The van der Waals surface area contributed by atoms with Crippen molar-refractivity contribution in [1.29, 1.82) is 0 Å². The molecule has 3 N–H and O–H groups in total. The molecule has 0 bridgehead atoms. The number of hydrogen-bond acceptors (Lipinski definition) is 2. The van der Waals surface area contributed by atoms with Crippen LogP contribution in [0.3, 0.4) is 0 Å². The highest BCUT2D eigenvalue weighted by molar-refractivity contribution is 5.16. The SMILES string of the molecule is C\C(N)=C/C=C\C=C(/C)NC1CCCC(C)(C)C1. The Kier molecular flexibility index (Phi) is 5.52. The van der Waals surface area contributed by atoms with Crippen molar-refractivity contribution < 1.29 is 0 Å². The summed E-state index contributed by atoms with van der Waals surface area (Å²) >= 11 is 0. The highest BCUT2D eigenvalue weighted by Gasteiger charge is 2.27. The van der Waals surface area contributed by atoms with Gasteiger partial charge in [0.05, 0.1) is 0 Å². The minimum Gasteiger partial charge on any atom is -0.402 e. The van der Waals surface area contributed by atoms with Crippen LogP contribution in [0.4, 0.5) is 0 Å². The minimum atomic E-state index is 0.492. The van der Waals surface area contributed by atoms with Crippen molar-refractivity contribution in [1.82, 2.24) is 5.32 Å². The Morgan fingerprint density at radius 3 is 2.50 bits per heavy atom. The summed E-state index contributed by atoms with van der Waals surface area (Å²) < 4.78 is 0. The van der Waals surface area contributed by atoms with Crippen molar-refractivity contribution >= 4 is 0 Å². The van der Waals surface area contributed by atoms with Gasteiger partial charge in [-0.3, -0.25) is 0 Å². The van der Waals surface area contributed by atoms with Crippen LogP contribution in [0.2, 0.25) is 0 Å². The second kappa shape index (κ2) is 6.67. The Bertz CT molecular complexity index is 344. The molecular weight excluding hydrogens is 220 g/mol. The standard InChI is InChI=1S/C16H28N2/c1-13(17)8-5-6-9-14(2)18-15-10-7-11-16(3,4)12-15/h5-6,8-9,15,18H,7,10-12,17H2,1-4H3/b6-5-,13-8+,14-9+. The first-order valence-electron chi connectivity index (χ1n) is 6.93. The predicted molar refractivity (Wildman–Crippen MR) is 80.0 cm³/mol. The number of hydrogen-bond donors (Lipinski definition) is 2. The molecule has 0 saturated heterocycles. The number of rotatable bonds is 4. The first kappa shape index (κ1) is 14.9. The van der Waals surface area contributed by atoms with Crippen molar-refractivity contribution in [3.63, 3.8) is 0 Å². The van der Waals surface area contributed by atoms with Crippen LogP contribution in [0.1, 0.15) is 53.4 Å². The molecular formula is C16H28N2. The van der Waals surface area contributed by atoms with E-state index >= 15 is 0 Å². The molecule has 1 atom stereocenters. The van der Waals surface area contributed by atoms with Crippen molar-refractivity contribution in [2.24, 2.45) is 11.1 Å². The van der Waals surface area contributed by atoms with E-state index in [0.29, 0.717) is 11.5 Å². The van der Waals surface area contributed by atoms with Crippen molar-refractivity contribution in [3.05, 3.63) is 35.7 Å². The van der Waals surface area contributed by atoms with E-state index in [1.165, 1.54) is 31.4 Å². The van der Waals surface area contributed by atoms with E-state index in [4.69, 9.17) is 5.73 Å². The van der Waals surface area contributed by atoms with Gasteiger partial charge in [0.1, 0.15) is 0 Å². The third-order valence-corrected chi connectivity index (χ3v) is 3.45. The predicted octanol–water partition coefficient (Wildman–Crippen LogP) is 3.87. The lowest BCUT2D eigenvalue weighted by molar-refractivity contribution is 0.205. The first-order chi connectivity index (χ1) is 8.39. The average Bonchev–Trinajstić information content (AvgIpc) is 2.22. The zero-order valence-corrected chi connectivity index (χ0v) is 12.3. The van der Waals surface area contributed by atoms with Crippen LogP contribution in [0, 0.1) is 5.41 Å². The summed E-state index contributed by atoms with van der Waals surface area (Å²) in [5.74, 6) is 0. The van der Waals surface area contributed by atoms with Crippen molar-refractivity contribution in [2.45, 2.75) is 59.4 Å². The zero-order valence-electron chi connectivity index (χ0n) is 12.3. The topological polar surface area (TPSA) is 38.0 Å². The van der Waals surface area contributed by atoms with E-state index in [2.05, 4.69) is 32.2 Å². The van der Waals surface area contributed by atoms with Gasteiger partial charge in [0.25, 0.3) is 0 Å². The molecule has 1 unspecified atom stereocenters. The summed E-state index contributed by atoms with van der Waals surface area (Å²) in [5.41, 5.74) is 8.12. The summed E-state index contributed by atoms with van der Waals surface area (Å²) in [5, 5.41) is 3.62. The average molecular weight is 248 g/mol. The maximum Gasteiger partial charge on any atom is 0.0263 e. The second-order valence-corrected chi connectivity index (χ2v) is 6.25. The zero-order chi connectivity index (χ0) is 13.6. The Balaban J connectivity index is 2.44. The Labute approximate surface area is 112 Å². The lowest BCUT2D eigenvalue weighted by atomic mass is 9.75. The summed E-state index contributed by atoms with van der Waals surface area (Å²) in [7, 11) is 0. The quantitative estimate of drug-likeness (QED) is 0.741. The van der Waals surface area contributed by atoms with E-state index in [-0.39, 0.29) is 0 Å². The maximum absolute atomic E-state index is 5.56. The van der Waals surface area contributed by atoms with Gasteiger partial charge in [0.15, 0.2) is 0 Å². The molecule has 102 valence electrons. The summed E-state index contributed by atoms with van der Waals surface area (Å²) in [4.78, 5) is 0. The molecule has 2 nitrogen and oxygen atoms in total. The number of allylic oxidation sites excluding steroid dienone is 6. The molecule has 1 aliphatic rings. The fraction of sp³-hybridized carbons (Fsp3) is 0.625. The smallest absolute Gasteiger partial charge is 0.0263 e. The lowest BCUT2D eigenvalue weighted by Gasteiger charge is -2.36. The van der Waals surface area contributed by atoms with Crippen LogP contribution < -0.4 is 11.1 Å². The molecule has 0 spiro atoms. The van der Waals surface area contributed by atoms with E-state index in [9.17, 15) is 0 Å². The highest BCUT2D eigenvalue weighted by atomic mass is 14.9. The van der Waals surface area contributed by atoms with Crippen LogP contribution in [0.5, 0.6) is 0 Å². The van der Waals surface area contributed by atoms with Gasteiger partial charge in [0, 0.05) is 17.4 Å². The molecule has 1 fully saturated rings. The van der Waals surface area contributed by atoms with Crippen LogP contribution in [0.15, 0.2) is 35.7 Å². The van der Waals surface area contributed by atoms with Crippen LogP contribution in [0.25, 0.3) is 0 Å². The Morgan fingerprint density at radius 2 is 1.89 bits per heavy atom. The molecule has 18 heavy (non-hydrogen) atoms. The van der Waals surface area contributed by atoms with Crippen LogP contribution >= 0.6 is 0 Å². The maximum atomic E-state index is 5.56. The molecule has 0 aliphatic heterocycles. The molecule has 0 aromatic carbocycles. The molecule has 0 heterocycles. The van der Waals surface area contributed by atoms with E-state index < -0.39 is 0 Å². The summed E-state index contributed by atoms with van der Waals surface area (Å²) in [6, 6.07) is 0.630. The van der Waals surface area contributed by atoms with Crippen molar-refractivity contribution in [3.8, 4) is 0 Å². The van der Waals surface area contributed by atoms with Gasteiger partial charge in [-0.2, -0.15) is 0 Å². The van der Waals surface area contributed by atoms with E-state index in [1.54, 1.807) is 0 Å². The molecule has 0 amide bonds. The summed E-state index contributed by atoms with van der Waals surface area (Å²) in [6.07, 6.45) is 13.3. The molecule has 2 heteroatoms. The summed E-state index contributed by atoms with van der Waals surface area (Å²) in [6.45, 7) is 8.76. The minimum absolute atomic E-state index is 0.492. The molecule has 0 radical (unpaired) electrons. The van der Waals surface area contributed by atoms with Gasteiger partial charge in [-0.05, 0) is 50.7 Å². The Morgan fingerprint density at radius 1 is 1.22 bits per heavy atom. The van der Waals surface area contributed by atoms with Gasteiger partial charge in [-0.1, -0.05) is 32.4 Å².